The molecule has 0 aromatic heterocycles. The van der Waals surface area contributed by atoms with E-state index in [1.165, 1.54) is 0 Å². The minimum Gasteiger partial charge on any atom is -0.506 e. The lowest BCUT2D eigenvalue weighted by Gasteiger charge is -2.25. The molecule has 1 aromatic rings. The molecule has 1 rings (SSSR count). The molecule has 128 valence electrons. The number of phenols is 1. The normalized spacial score (nSPS) is 14.0. The number of alkyl carbamates (subject to hydrolysis) is 1. The molecule has 3 N–H and O–H groups in total. The number of rotatable bonds is 4. The summed E-state index contributed by atoms with van der Waals surface area (Å²) in [5, 5.41) is 21.5. The summed E-state index contributed by atoms with van der Waals surface area (Å²) in [4.78, 5) is 23.4. The van der Waals surface area contributed by atoms with Gasteiger partial charge in [-0.05, 0) is 70.3 Å². The molecular weight excluding hydrogens is 434 g/mol. The SMILES string of the molecule is CC(c1cc(Br)c(O)c(Br)c1)C(NC(=O)OC(C)(C)C)C(=O)O. The van der Waals surface area contributed by atoms with Crippen LogP contribution in [0.3, 0.4) is 0 Å². The van der Waals surface area contributed by atoms with Gasteiger partial charge in [-0.3, -0.25) is 0 Å². The monoisotopic (exact) mass is 451 g/mol. The van der Waals surface area contributed by atoms with Gasteiger partial charge in [-0.15, -0.1) is 0 Å². The van der Waals surface area contributed by atoms with Crippen LogP contribution in [0.4, 0.5) is 4.79 Å². The van der Waals surface area contributed by atoms with Crippen molar-refractivity contribution in [2.45, 2.75) is 45.3 Å². The van der Waals surface area contributed by atoms with Gasteiger partial charge in [-0.1, -0.05) is 6.92 Å². The summed E-state index contributed by atoms with van der Waals surface area (Å²) < 4.78 is 5.95. The number of carbonyl (C=O) groups excluding carboxylic acids is 1. The van der Waals surface area contributed by atoms with Crippen molar-refractivity contribution in [2.24, 2.45) is 0 Å². The molecule has 23 heavy (non-hydrogen) atoms. The molecule has 0 aliphatic heterocycles. The number of hydrogen-bond donors (Lipinski definition) is 3. The van der Waals surface area contributed by atoms with Crippen molar-refractivity contribution in [1.82, 2.24) is 5.32 Å². The second-order valence-electron chi connectivity index (χ2n) is 6.08. The van der Waals surface area contributed by atoms with Crippen LogP contribution < -0.4 is 5.32 Å². The van der Waals surface area contributed by atoms with Gasteiger partial charge in [-0.2, -0.15) is 0 Å². The minimum absolute atomic E-state index is 0.0212. The van der Waals surface area contributed by atoms with Gasteiger partial charge in [0, 0.05) is 5.92 Å². The molecule has 0 heterocycles. The van der Waals surface area contributed by atoms with Crippen molar-refractivity contribution in [3.8, 4) is 5.75 Å². The Morgan fingerprint density at radius 2 is 1.70 bits per heavy atom. The molecule has 0 aliphatic rings. The van der Waals surface area contributed by atoms with E-state index in [0.29, 0.717) is 14.5 Å². The highest BCUT2D eigenvalue weighted by Gasteiger charge is 2.30. The summed E-state index contributed by atoms with van der Waals surface area (Å²) in [7, 11) is 0. The van der Waals surface area contributed by atoms with Gasteiger partial charge < -0.3 is 20.3 Å². The maximum absolute atomic E-state index is 11.8. The number of benzene rings is 1. The lowest BCUT2D eigenvalue weighted by molar-refractivity contribution is -0.140. The lowest BCUT2D eigenvalue weighted by Crippen LogP contribution is -2.46. The summed E-state index contributed by atoms with van der Waals surface area (Å²) >= 11 is 6.40. The van der Waals surface area contributed by atoms with E-state index >= 15 is 0 Å². The quantitative estimate of drug-likeness (QED) is 0.641. The fourth-order valence-electron chi connectivity index (χ4n) is 1.88. The van der Waals surface area contributed by atoms with Crippen LogP contribution in [0, 0.1) is 0 Å². The Hall–Kier alpha value is -1.28. The van der Waals surface area contributed by atoms with Gasteiger partial charge in [-0.25, -0.2) is 9.59 Å². The Morgan fingerprint density at radius 1 is 1.22 bits per heavy atom. The van der Waals surface area contributed by atoms with Gasteiger partial charge >= 0.3 is 12.1 Å². The number of carboxylic acid groups (broad SMARTS) is 1. The lowest BCUT2D eigenvalue weighted by atomic mass is 9.93. The molecule has 0 bridgehead atoms. The predicted molar refractivity (Wildman–Crippen MR) is 92.7 cm³/mol. The standard InChI is InChI=1S/C15H19Br2NO5/c1-7(8-5-9(16)12(19)10(17)6-8)11(13(20)21)18-14(22)23-15(2,3)4/h5-7,11,19H,1-4H3,(H,18,22)(H,20,21). The van der Waals surface area contributed by atoms with Crippen molar-refractivity contribution < 1.29 is 24.5 Å². The highest BCUT2D eigenvalue weighted by molar-refractivity contribution is 9.11. The molecule has 0 aliphatic carbocycles. The molecule has 0 saturated carbocycles. The Balaban J connectivity index is 3.02. The topological polar surface area (TPSA) is 95.9 Å². The van der Waals surface area contributed by atoms with Gasteiger partial charge in [0.05, 0.1) is 8.95 Å². The van der Waals surface area contributed by atoms with Crippen molar-refractivity contribution in [1.29, 1.82) is 0 Å². The van der Waals surface area contributed by atoms with Crippen LogP contribution in [0.2, 0.25) is 0 Å². The third-order valence-corrected chi connectivity index (χ3v) is 4.21. The Bertz CT molecular complexity index is 589. The fourth-order valence-corrected chi connectivity index (χ4v) is 3.10. The highest BCUT2D eigenvalue weighted by atomic mass is 79.9. The molecule has 0 fully saturated rings. The van der Waals surface area contributed by atoms with Gasteiger partial charge in [0.1, 0.15) is 17.4 Å². The number of halogens is 2. The third-order valence-electron chi connectivity index (χ3n) is 3.00. The molecule has 1 amide bonds. The minimum atomic E-state index is -1.18. The molecular formula is C15H19Br2NO5. The second kappa shape index (κ2) is 7.53. The number of ether oxygens (including phenoxy) is 1. The smallest absolute Gasteiger partial charge is 0.408 e. The Kier molecular flexibility index (Phi) is 6.47. The number of carbonyl (C=O) groups is 2. The average Bonchev–Trinajstić information content (AvgIpc) is 2.38. The second-order valence-corrected chi connectivity index (χ2v) is 7.79. The molecule has 6 nitrogen and oxygen atoms in total. The van der Waals surface area contributed by atoms with E-state index in [1.807, 2.05) is 0 Å². The van der Waals surface area contributed by atoms with Gasteiger partial charge in [0.25, 0.3) is 0 Å². The van der Waals surface area contributed by atoms with Crippen LogP contribution >= 0.6 is 31.9 Å². The number of aromatic hydroxyl groups is 1. The van der Waals surface area contributed by atoms with Crippen molar-refractivity contribution >= 4 is 43.9 Å². The van der Waals surface area contributed by atoms with Crippen LogP contribution in [-0.2, 0) is 9.53 Å². The van der Waals surface area contributed by atoms with Crippen molar-refractivity contribution in [3.63, 3.8) is 0 Å². The van der Waals surface area contributed by atoms with E-state index in [0.717, 1.165) is 0 Å². The molecule has 8 heteroatoms. The van der Waals surface area contributed by atoms with Gasteiger partial charge in [0.2, 0.25) is 0 Å². The summed E-state index contributed by atoms with van der Waals surface area (Å²) in [5.41, 5.74) is -0.0916. The molecule has 0 saturated heterocycles. The summed E-state index contributed by atoms with van der Waals surface area (Å²) in [6.45, 7) is 6.75. The number of aliphatic carboxylic acids is 1. The van der Waals surface area contributed by atoms with E-state index in [4.69, 9.17) is 4.74 Å². The zero-order valence-electron chi connectivity index (χ0n) is 13.2. The number of phenolic OH excluding ortho intramolecular Hbond substituents is 1. The van der Waals surface area contributed by atoms with Crippen LogP contribution in [0.25, 0.3) is 0 Å². The van der Waals surface area contributed by atoms with Crippen LogP contribution in [0.5, 0.6) is 5.75 Å². The molecule has 2 atom stereocenters. The molecule has 0 radical (unpaired) electrons. The Labute approximate surface area is 151 Å². The first-order valence-electron chi connectivity index (χ1n) is 6.82. The van der Waals surface area contributed by atoms with Crippen LogP contribution in [0.15, 0.2) is 21.1 Å². The van der Waals surface area contributed by atoms with Crippen LogP contribution in [-0.4, -0.2) is 33.9 Å². The number of nitrogens with one attached hydrogen (secondary N) is 1. The third kappa shape index (κ3) is 5.69. The fraction of sp³-hybridized carbons (Fsp3) is 0.467. The number of hydrogen-bond acceptors (Lipinski definition) is 4. The van der Waals surface area contributed by atoms with Gasteiger partial charge in [0.15, 0.2) is 0 Å². The maximum atomic E-state index is 11.8. The first-order chi connectivity index (χ1) is 10.4. The molecule has 2 unspecified atom stereocenters. The van der Waals surface area contributed by atoms with Crippen molar-refractivity contribution in [2.75, 3.05) is 0 Å². The zero-order valence-corrected chi connectivity index (χ0v) is 16.4. The van der Waals surface area contributed by atoms with E-state index in [9.17, 15) is 19.8 Å². The maximum Gasteiger partial charge on any atom is 0.408 e. The van der Waals surface area contributed by atoms with E-state index < -0.39 is 29.6 Å². The van der Waals surface area contributed by atoms with E-state index in [1.54, 1.807) is 39.8 Å². The largest absolute Gasteiger partial charge is 0.506 e. The van der Waals surface area contributed by atoms with E-state index in [2.05, 4.69) is 37.2 Å². The zero-order chi connectivity index (χ0) is 17.9. The van der Waals surface area contributed by atoms with Crippen LogP contribution in [0.1, 0.15) is 39.2 Å². The average molecular weight is 453 g/mol. The Morgan fingerprint density at radius 3 is 2.09 bits per heavy atom. The highest BCUT2D eigenvalue weighted by Crippen LogP contribution is 2.36. The predicted octanol–water partition coefficient (Wildman–Crippen LogP) is 4.00. The molecule has 1 aromatic carbocycles. The number of carboxylic acids is 1. The summed E-state index contributed by atoms with van der Waals surface area (Å²) in [5.74, 6) is -1.70. The summed E-state index contributed by atoms with van der Waals surface area (Å²) in [6, 6.07) is 2.04. The number of amides is 1. The first-order valence-corrected chi connectivity index (χ1v) is 8.41. The van der Waals surface area contributed by atoms with E-state index in [-0.39, 0.29) is 5.75 Å². The molecule has 0 spiro atoms. The summed E-state index contributed by atoms with van der Waals surface area (Å²) in [6.07, 6.45) is -0.798. The first kappa shape index (κ1) is 19.8. The van der Waals surface area contributed by atoms with Crippen molar-refractivity contribution in [3.05, 3.63) is 26.6 Å².